The Morgan fingerprint density at radius 3 is 2.42 bits per heavy atom. The highest BCUT2D eigenvalue weighted by Crippen LogP contribution is 2.27. The first-order valence-electron chi connectivity index (χ1n) is 9.82. The SMILES string of the molecule is CCOC(=O)NN(C(=O)c1c(Br)cc(F)cc1I)C1CCN(C(=O)OC(C)(C)C)CC1. The summed E-state index contributed by atoms with van der Waals surface area (Å²) >= 11 is 5.11. The molecule has 31 heavy (non-hydrogen) atoms. The van der Waals surface area contributed by atoms with E-state index in [9.17, 15) is 18.8 Å². The summed E-state index contributed by atoms with van der Waals surface area (Å²) in [5.74, 6) is -0.983. The van der Waals surface area contributed by atoms with Gasteiger partial charge in [0.1, 0.15) is 11.4 Å². The van der Waals surface area contributed by atoms with Gasteiger partial charge in [0.15, 0.2) is 0 Å². The van der Waals surface area contributed by atoms with Gasteiger partial charge < -0.3 is 14.4 Å². The fourth-order valence-electron chi connectivity index (χ4n) is 3.07. The number of likely N-dealkylation sites (tertiary alicyclic amines) is 1. The van der Waals surface area contributed by atoms with Crippen LogP contribution >= 0.6 is 38.5 Å². The maximum absolute atomic E-state index is 13.7. The first-order valence-corrected chi connectivity index (χ1v) is 11.7. The number of nitrogens with one attached hydrogen (secondary N) is 1. The van der Waals surface area contributed by atoms with Crippen LogP contribution < -0.4 is 5.43 Å². The number of carbonyl (C=O) groups is 3. The van der Waals surface area contributed by atoms with Gasteiger partial charge in [0, 0.05) is 21.1 Å². The fourth-order valence-corrected chi connectivity index (χ4v) is 4.86. The average Bonchev–Trinajstić information content (AvgIpc) is 2.64. The van der Waals surface area contributed by atoms with Gasteiger partial charge in [0.2, 0.25) is 0 Å². The third kappa shape index (κ3) is 7.19. The molecule has 0 aromatic heterocycles. The fraction of sp³-hybridized carbons (Fsp3) is 0.550. The van der Waals surface area contributed by atoms with Crippen molar-refractivity contribution in [3.63, 3.8) is 0 Å². The molecule has 172 valence electrons. The molecule has 2 rings (SSSR count). The number of halogens is 3. The summed E-state index contributed by atoms with van der Waals surface area (Å²) in [5.41, 5.74) is 2.13. The number of hydrazine groups is 1. The van der Waals surface area contributed by atoms with Crippen molar-refractivity contribution in [2.24, 2.45) is 0 Å². The largest absolute Gasteiger partial charge is 0.449 e. The highest BCUT2D eigenvalue weighted by molar-refractivity contribution is 14.1. The first-order chi connectivity index (χ1) is 14.4. The first kappa shape index (κ1) is 25.6. The molecule has 0 atom stereocenters. The molecule has 1 aliphatic rings. The summed E-state index contributed by atoms with van der Waals surface area (Å²) in [4.78, 5) is 39.3. The number of hydrogen-bond acceptors (Lipinski definition) is 5. The van der Waals surface area contributed by atoms with E-state index in [0.717, 1.165) is 0 Å². The third-order valence-corrected chi connectivity index (χ3v) is 5.88. The molecule has 1 heterocycles. The lowest BCUT2D eigenvalue weighted by Gasteiger charge is -2.38. The summed E-state index contributed by atoms with van der Waals surface area (Å²) < 4.78 is 24.7. The van der Waals surface area contributed by atoms with Crippen LogP contribution in [0.3, 0.4) is 0 Å². The summed E-state index contributed by atoms with van der Waals surface area (Å²) in [6.45, 7) is 7.90. The molecule has 1 N–H and O–H groups in total. The molecule has 8 nitrogen and oxygen atoms in total. The monoisotopic (exact) mass is 613 g/mol. The van der Waals surface area contributed by atoms with E-state index in [0.29, 0.717) is 29.5 Å². The number of amides is 3. The van der Waals surface area contributed by atoms with Crippen LogP contribution in [-0.4, -0.2) is 59.3 Å². The maximum Gasteiger partial charge on any atom is 0.426 e. The Hall–Kier alpha value is -1.63. The van der Waals surface area contributed by atoms with Crippen LogP contribution in [0.5, 0.6) is 0 Å². The summed E-state index contributed by atoms with van der Waals surface area (Å²) in [5, 5.41) is 1.21. The standard InChI is InChI=1S/C20H26BrFIN3O5/c1-5-30-18(28)24-26(17(27)16-14(21)10-12(22)11-15(16)23)13-6-8-25(9-7-13)19(29)31-20(2,3)4/h10-11,13H,5-9H2,1-4H3,(H,24,28). The second kappa shape index (κ2) is 10.8. The Balaban J connectivity index is 2.21. The zero-order valence-electron chi connectivity index (χ0n) is 17.8. The lowest BCUT2D eigenvalue weighted by Crippen LogP contribution is -2.56. The van der Waals surface area contributed by atoms with Gasteiger partial charge in [-0.1, -0.05) is 0 Å². The van der Waals surface area contributed by atoms with Crippen molar-refractivity contribution in [3.05, 3.63) is 31.6 Å². The molecule has 0 saturated carbocycles. The number of rotatable bonds is 3. The highest BCUT2D eigenvalue weighted by atomic mass is 127. The van der Waals surface area contributed by atoms with E-state index < -0.39 is 29.5 Å². The Morgan fingerprint density at radius 2 is 1.90 bits per heavy atom. The maximum atomic E-state index is 13.7. The van der Waals surface area contributed by atoms with Crippen LogP contribution in [0.15, 0.2) is 16.6 Å². The molecule has 1 aromatic rings. The van der Waals surface area contributed by atoms with E-state index in [2.05, 4.69) is 21.4 Å². The Bertz CT molecular complexity index is 818. The van der Waals surface area contributed by atoms with E-state index in [1.54, 1.807) is 32.6 Å². The van der Waals surface area contributed by atoms with E-state index in [1.165, 1.54) is 17.1 Å². The van der Waals surface area contributed by atoms with Gasteiger partial charge in [-0.05, 0) is 91.2 Å². The van der Waals surface area contributed by atoms with Gasteiger partial charge in [-0.15, -0.1) is 0 Å². The lowest BCUT2D eigenvalue weighted by molar-refractivity contribution is 0.00967. The molecule has 0 spiro atoms. The summed E-state index contributed by atoms with van der Waals surface area (Å²) in [7, 11) is 0. The van der Waals surface area contributed by atoms with Crippen molar-refractivity contribution in [2.45, 2.75) is 52.2 Å². The normalized spacial score (nSPS) is 14.7. The van der Waals surface area contributed by atoms with Crippen LogP contribution in [0.4, 0.5) is 14.0 Å². The molecule has 1 fully saturated rings. The molecular weight excluding hydrogens is 588 g/mol. The van der Waals surface area contributed by atoms with Crippen molar-refractivity contribution < 1.29 is 28.2 Å². The zero-order valence-corrected chi connectivity index (χ0v) is 21.6. The van der Waals surface area contributed by atoms with Crippen molar-refractivity contribution in [1.82, 2.24) is 15.3 Å². The van der Waals surface area contributed by atoms with Crippen LogP contribution in [0, 0.1) is 9.39 Å². The molecule has 0 aliphatic carbocycles. The van der Waals surface area contributed by atoms with Gasteiger partial charge in [-0.3, -0.25) is 4.79 Å². The number of ether oxygens (including phenoxy) is 2. The molecule has 11 heteroatoms. The molecule has 3 amide bonds. The Labute approximate surface area is 203 Å². The topological polar surface area (TPSA) is 88.2 Å². The van der Waals surface area contributed by atoms with Gasteiger partial charge >= 0.3 is 12.2 Å². The van der Waals surface area contributed by atoms with Crippen molar-refractivity contribution in [2.75, 3.05) is 19.7 Å². The molecule has 0 radical (unpaired) electrons. The van der Waals surface area contributed by atoms with Crippen LogP contribution in [-0.2, 0) is 9.47 Å². The predicted octanol–water partition coefficient (Wildman–Crippen LogP) is 4.70. The Morgan fingerprint density at radius 1 is 1.29 bits per heavy atom. The summed E-state index contributed by atoms with van der Waals surface area (Å²) in [6.07, 6.45) is -0.337. The second-order valence-electron chi connectivity index (χ2n) is 7.95. The minimum absolute atomic E-state index is 0.142. The zero-order chi connectivity index (χ0) is 23.3. The van der Waals surface area contributed by atoms with E-state index in [4.69, 9.17) is 9.47 Å². The number of hydrogen-bond donors (Lipinski definition) is 1. The van der Waals surface area contributed by atoms with Crippen LogP contribution in [0.2, 0.25) is 0 Å². The number of carbonyl (C=O) groups excluding carboxylic acids is 3. The number of benzene rings is 1. The van der Waals surface area contributed by atoms with Crippen molar-refractivity contribution >= 4 is 56.6 Å². The van der Waals surface area contributed by atoms with E-state index in [-0.39, 0.29) is 22.7 Å². The molecule has 0 unspecified atom stereocenters. The second-order valence-corrected chi connectivity index (χ2v) is 9.97. The van der Waals surface area contributed by atoms with Gasteiger partial charge in [0.25, 0.3) is 5.91 Å². The smallest absolute Gasteiger partial charge is 0.426 e. The van der Waals surface area contributed by atoms with E-state index in [1.807, 2.05) is 22.6 Å². The predicted molar refractivity (Wildman–Crippen MR) is 124 cm³/mol. The summed E-state index contributed by atoms with van der Waals surface area (Å²) in [6, 6.07) is 2.05. The molecule has 1 aromatic carbocycles. The molecule has 0 bridgehead atoms. The Kier molecular flexibility index (Phi) is 8.92. The minimum Gasteiger partial charge on any atom is -0.449 e. The molecule has 1 saturated heterocycles. The average molecular weight is 614 g/mol. The highest BCUT2D eigenvalue weighted by Gasteiger charge is 2.34. The van der Waals surface area contributed by atoms with E-state index >= 15 is 0 Å². The quantitative estimate of drug-likeness (QED) is 0.395. The van der Waals surface area contributed by atoms with Crippen LogP contribution in [0.25, 0.3) is 0 Å². The number of piperidine rings is 1. The van der Waals surface area contributed by atoms with Crippen molar-refractivity contribution in [3.8, 4) is 0 Å². The van der Waals surface area contributed by atoms with Crippen molar-refractivity contribution in [1.29, 1.82) is 0 Å². The molecular formula is C20H26BrFIN3O5. The van der Waals surface area contributed by atoms with Gasteiger partial charge in [-0.2, -0.15) is 0 Å². The van der Waals surface area contributed by atoms with Crippen LogP contribution in [0.1, 0.15) is 50.9 Å². The lowest BCUT2D eigenvalue weighted by atomic mass is 10.0. The molecule has 1 aliphatic heterocycles. The minimum atomic E-state index is -0.765. The van der Waals surface area contributed by atoms with Gasteiger partial charge in [0.05, 0.1) is 18.2 Å². The van der Waals surface area contributed by atoms with Gasteiger partial charge in [-0.25, -0.2) is 24.4 Å². The number of nitrogens with zero attached hydrogens (tertiary/aromatic N) is 2. The third-order valence-electron chi connectivity index (χ3n) is 4.41.